The molecule has 0 amide bonds. The summed E-state index contributed by atoms with van der Waals surface area (Å²) in [6, 6.07) is 8.08. The molecule has 0 aliphatic heterocycles. The topological polar surface area (TPSA) is 55.9 Å². The van der Waals surface area contributed by atoms with Gasteiger partial charge in [-0.15, -0.1) is 0 Å². The Balaban J connectivity index is 1.96. The summed E-state index contributed by atoms with van der Waals surface area (Å²) in [6.45, 7) is 4.86. The highest BCUT2D eigenvalue weighted by Crippen LogP contribution is 2.23. The molecule has 0 fully saturated rings. The fraction of sp³-hybridized carbons (Fsp3) is 0.375. The first-order valence-corrected chi connectivity index (χ1v) is 7.22. The maximum absolute atomic E-state index is 10.5. The highest BCUT2D eigenvalue weighted by Gasteiger charge is 2.18. The number of imidazole rings is 1. The number of hydrogen-bond donors (Lipinski definition) is 1. The van der Waals surface area contributed by atoms with E-state index in [0.717, 1.165) is 34.7 Å². The van der Waals surface area contributed by atoms with Gasteiger partial charge in [0.1, 0.15) is 5.82 Å². The van der Waals surface area contributed by atoms with Crippen LogP contribution >= 0.6 is 0 Å². The average Bonchev–Trinajstić information content (AvgIpc) is 2.97. The van der Waals surface area contributed by atoms with Crippen molar-refractivity contribution in [3.63, 3.8) is 0 Å². The molecule has 0 bridgehead atoms. The Morgan fingerprint density at radius 2 is 2.05 bits per heavy atom. The van der Waals surface area contributed by atoms with E-state index in [-0.39, 0.29) is 0 Å². The fourth-order valence-electron chi connectivity index (χ4n) is 2.86. The number of fused-ring (bicyclic) bond motifs is 1. The van der Waals surface area contributed by atoms with Crippen molar-refractivity contribution in [2.24, 2.45) is 7.05 Å². The molecule has 5 heteroatoms. The summed E-state index contributed by atoms with van der Waals surface area (Å²) in [5, 5.41) is 14.8. The molecule has 1 N–H and O–H groups in total. The number of hydrogen-bond acceptors (Lipinski definition) is 3. The van der Waals surface area contributed by atoms with Crippen molar-refractivity contribution in [3.05, 3.63) is 47.5 Å². The van der Waals surface area contributed by atoms with Crippen molar-refractivity contribution in [1.29, 1.82) is 0 Å². The van der Waals surface area contributed by atoms with Crippen molar-refractivity contribution >= 4 is 11.0 Å². The molecule has 1 aromatic carbocycles. The highest BCUT2D eigenvalue weighted by atomic mass is 16.3. The number of aromatic nitrogens is 4. The van der Waals surface area contributed by atoms with Crippen LogP contribution in [0.1, 0.15) is 30.1 Å². The zero-order valence-electron chi connectivity index (χ0n) is 12.6. The van der Waals surface area contributed by atoms with E-state index in [9.17, 15) is 5.11 Å². The van der Waals surface area contributed by atoms with Gasteiger partial charge in [0.15, 0.2) is 0 Å². The molecule has 3 aromatic rings. The van der Waals surface area contributed by atoms with Gasteiger partial charge < -0.3 is 9.67 Å². The van der Waals surface area contributed by atoms with Crippen LogP contribution in [-0.2, 0) is 20.0 Å². The van der Waals surface area contributed by atoms with Crippen molar-refractivity contribution in [2.45, 2.75) is 32.9 Å². The first-order chi connectivity index (χ1) is 10.1. The molecule has 110 valence electrons. The second-order valence-corrected chi connectivity index (χ2v) is 5.32. The third-order valence-electron chi connectivity index (χ3n) is 3.84. The molecular formula is C16H20N4O. The number of nitrogens with zero attached hydrogens (tertiary/aromatic N) is 4. The summed E-state index contributed by atoms with van der Waals surface area (Å²) in [7, 11) is 1.87. The van der Waals surface area contributed by atoms with E-state index in [4.69, 9.17) is 0 Å². The third kappa shape index (κ3) is 2.45. The van der Waals surface area contributed by atoms with Gasteiger partial charge in [-0.25, -0.2) is 4.98 Å². The van der Waals surface area contributed by atoms with E-state index in [1.807, 2.05) is 38.4 Å². The van der Waals surface area contributed by atoms with Gasteiger partial charge in [-0.1, -0.05) is 12.1 Å². The normalized spacial score (nSPS) is 13.0. The average molecular weight is 284 g/mol. The predicted molar refractivity (Wildman–Crippen MR) is 82.0 cm³/mol. The fourth-order valence-corrected chi connectivity index (χ4v) is 2.86. The zero-order chi connectivity index (χ0) is 15.0. The molecule has 0 radical (unpaired) electrons. The molecule has 0 saturated carbocycles. The molecule has 1 atom stereocenters. The number of para-hydroxylation sites is 2. The third-order valence-corrected chi connectivity index (χ3v) is 3.84. The Labute approximate surface area is 123 Å². The Bertz CT molecular complexity index is 772. The molecule has 2 heterocycles. The summed E-state index contributed by atoms with van der Waals surface area (Å²) >= 11 is 0. The van der Waals surface area contributed by atoms with Gasteiger partial charge in [0.25, 0.3) is 0 Å². The van der Waals surface area contributed by atoms with E-state index in [1.54, 1.807) is 4.68 Å². The van der Waals surface area contributed by atoms with Crippen molar-refractivity contribution in [1.82, 2.24) is 19.3 Å². The van der Waals surface area contributed by atoms with Crippen LogP contribution in [0.5, 0.6) is 0 Å². The summed E-state index contributed by atoms with van der Waals surface area (Å²) in [6.07, 6.45) is 1.79. The molecule has 3 rings (SSSR count). The molecule has 1 unspecified atom stereocenters. The second-order valence-electron chi connectivity index (χ2n) is 5.32. The lowest BCUT2D eigenvalue weighted by atomic mass is 10.1. The number of rotatable bonds is 4. The van der Waals surface area contributed by atoms with E-state index in [0.29, 0.717) is 6.42 Å². The van der Waals surface area contributed by atoms with E-state index >= 15 is 0 Å². The molecule has 0 aliphatic rings. The summed E-state index contributed by atoms with van der Waals surface area (Å²) < 4.78 is 3.89. The standard InChI is InChI=1S/C16H20N4O/c1-4-20-14-8-6-5-7-13(14)17-16(20)9-15(21)12-10-19(3)18-11(12)2/h5-8,10,15,21H,4,9H2,1-3H3. The lowest BCUT2D eigenvalue weighted by Crippen LogP contribution is -2.09. The maximum atomic E-state index is 10.5. The van der Waals surface area contributed by atoms with Gasteiger partial charge in [-0.05, 0) is 26.0 Å². The first kappa shape index (κ1) is 13.8. The Kier molecular flexibility index (Phi) is 3.51. The quantitative estimate of drug-likeness (QED) is 0.800. The number of aliphatic hydroxyl groups is 1. The molecule has 5 nitrogen and oxygen atoms in total. The van der Waals surface area contributed by atoms with Gasteiger partial charge in [0, 0.05) is 31.8 Å². The van der Waals surface area contributed by atoms with Gasteiger partial charge in [0.2, 0.25) is 0 Å². The first-order valence-electron chi connectivity index (χ1n) is 7.22. The summed E-state index contributed by atoms with van der Waals surface area (Å²) in [5.41, 5.74) is 3.82. The monoisotopic (exact) mass is 284 g/mol. The van der Waals surface area contributed by atoms with Crippen molar-refractivity contribution in [2.75, 3.05) is 0 Å². The van der Waals surface area contributed by atoms with E-state index < -0.39 is 6.10 Å². The van der Waals surface area contributed by atoms with E-state index in [2.05, 4.69) is 27.6 Å². The molecular weight excluding hydrogens is 264 g/mol. The lowest BCUT2D eigenvalue weighted by Gasteiger charge is -2.11. The highest BCUT2D eigenvalue weighted by molar-refractivity contribution is 5.75. The molecule has 0 spiro atoms. The minimum atomic E-state index is -0.583. The van der Waals surface area contributed by atoms with Crippen LogP contribution < -0.4 is 0 Å². The molecule has 2 aromatic heterocycles. The lowest BCUT2D eigenvalue weighted by molar-refractivity contribution is 0.174. The Morgan fingerprint density at radius 3 is 2.71 bits per heavy atom. The SMILES string of the molecule is CCn1c(CC(O)c2cn(C)nc2C)nc2ccccc21. The summed E-state index contributed by atoms with van der Waals surface area (Å²) in [4.78, 5) is 4.66. The van der Waals surface area contributed by atoms with E-state index in [1.165, 1.54) is 0 Å². The van der Waals surface area contributed by atoms with Crippen LogP contribution in [0.25, 0.3) is 11.0 Å². The van der Waals surface area contributed by atoms with Gasteiger partial charge in [0.05, 0.1) is 22.8 Å². The Morgan fingerprint density at radius 1 is 1.29 bits per heavy atom. The number of aryl methyl sites for hydroxylation is 3. The second kappa shape index (κ2) is 5.33. The zero-order valence-corrected chi connectivity index (χ0v) is 12.6. The van der Waals surface area contributed by atoms with Crippen LogP contribution in [0.4, 0.5) is 0 Å². The summed E-state index contributed by atoms with van der Waals surface area (Å²) in [5.74, 6) is 0.912. The van der Waals surface area contributed by atoms with Crippen LogP contribution in [0.3, 0.4) is 0 Å². The predicted octanol–water partition coefficient (Wildman–Crippen LogP) is 2.37. The Hall–Kier alpha value is -2.14. The van der Waals surface area contributed by atoms with Crippen molar-refractivity contribution < 1.29 is 5.11 Å². The minimum Gasteiger partial charge on any atom is -0.388 e. The van der Waals surface area contributed by atoms with Crippen LogP contribution in [-0.4, -0.2) is 24.4 Å². The number of aliphatic hydroxyl groups excluding tert-OH is 1. The largest absolute Gasteiger partial charge is 0.388 e. The van der Waals surface area contributed by atoms with Gasteiger partial charge in [-0.3, -0.25) is 4.68 Å². The molecule has 21 heavy (non-hydrogen) atoms. The molecule has 0 saturated heterocycles. The minimum absolute atomic E-state index is 0.495. The maximum Gasteiger partial charge on any atom is 0.112 e. The number of benzene rings is 1. The van der Waals surface area contributed by atoms with Crippen molar-refractivity contribution in [3.8, 4) is 0 Å². The van der Waals surface area contributed by atoms with Crippen LogP contribution in [0.2, 0.25) is 0 Å². The smallest absolute Gasteiger partial charge is 0.112 e. The van der Waals surface area contributed by atoms with Crippen LogP contribution in [0, 0.1) is 6.92 Å². The van der Waals surface area contributed by atoms with Gasteiger partial charge in [-0.2, -0.15) is 5.10 Å². The van der Waals surface area contributed by atoms with Crippen LogP contribution in [0.15, 0.2) is 30.5 Å². The van der Waals surface area contributed by atoms with Gasteiger partial charge >= 0.3 is 0 Å². The molecule has 0 aliphatic carbocycles.